The van der Waals surface area contributed by atoms with Gasteiger partial charge < -0.3 is 19.9 Å². The third-order valence-corrected chi connectivity index (χ3v) is 2.52. The quantitative estimate of drug-likeness (QED) is 0.790. The predicted octanol–water partition coefficient (Wildman–Crippen LogP) is 1.96. The van der Waals surface area contributed by atoms with Gasteiger partial charge >= 0.3 is 0 Å². The van der Waals surface area contributed by atoms with Crippen molar-refractivity contribution >= 4 is 0 Å². The Kier molecular flexibility index (Phi) is 5.80. The van der Waals surface area contributed by atoms with Crippen molar-refractivity contribution < 1.29 is 14.2 Å². The second-order valence-corrected chi connectivity index (χ2v) is 3.90. The van der Waals surface area contributed by atoms with Crippen LogP contribution in [0.5, 0.6) is 11.5 Å². The zero-order chi connectivity index (χ0) is 12.7. The van der Waals surface area contributed by atoms with Crippen molar-refractivity contribution in [2.75, 3.05) is 20.8 Å². The minimum atomic E-state index is 0.0903. The van der Waals surface area contributed by atoms with E-state index in [0.29, 0.717) is 13.2 Å². The summed E-state index contributed by atoms with van der Waals surface area (Å²) in [6, 6.07) is 5.74. The third kappa shape index (κ3) is 4.24. The summed E-state index contributed by atoms with van der Waals surface area (Å²) < 4.78 is 16.1. The number of hydrogen-bond acceptors (Lipinski definition) is 4. The van der Waals surface area contributed by atoms with Gasteiger partial charge in [-0.2, -0.15) is 0 Å². The molecule has 1 aromatic carbocycles. The van der Waals surface area contributed by atoms with Crippen LogP contribution in [0, 0.1) is 0 Å². The molecule has 1 atom stereocenters. The SMILES string of the molecule is COCCC(C)Oc1ccc(CN)cc1OC. The van der Waals surface area contributed by atoms with Gasteiger partial charge in [0.2, 0.25) is 0 Å². The molecule has 0 fully saturated rings. The van der Waals surface area contributed by atoms with Gasteiger partial charge in [0.05, 0.1) is 13.2 Å². The Morgan fingerprint density at radius 1 is 1.24 bits per heavy atom. The summed E-state index contributed by atoms with van der Waals surface area (Å²) in [4.78, 5) is 0. The Labute approximate surface area is 103 Å². The van der Waals surface area contributed by atoms with Gasteiger partial charge in [-0.15, -0.1) is 0 Å². The summed E-state index contributed by atoms with van der Waals surface area (Å²) in [5.74, 6) is 1.46. The van der Waals surface area contributed by atoms with Crippen LogP contribution in [0.4, 0.5) is 0 Å². The van der Waals surface area contributed by atoms with Crippen LogP contribution in [0.25, 0.3) is 0 Å². The summed E-state index contributed by atoms with van der Waals surface area (Å²) >= 11 is 0. The van der Waals surface area contributed by atoms with Crippen LogP contribution in [-0.4, -0.2) is 26.9 Å². The number of hydrogen-bond donors (Lipinski definition) is 1. The maximum Gasteiger partial charge on any atom is 0.161 e. The van der Waals surface area contributed by atoms with Gasteiger partial charge in [0.1, 0.15) is 0 Å². The van der Waals surface area contributed by atoms with Gasteiger partial charge in [0, 0.05) is 26.7 Å². The third-order valence-electron chi connectivity index (χ3n) is 2.52. The van der Waals surface area contributed by atoms with Gasteiger partial charge in [-0.3, -0.25) is 0 Å². The molecule has 0 spiro atoms. The van der Waals surface area contributed by atoms with E-state index in [1.807, 2.05) is 25.1 Å². The van der Waals surface area contributed by atoms with E-state index in [9.17, 15) is 0 Å². The molecule has 0 aromatic heterocycles. The molecule has 0 saturated carbocycles. The molecule has 1 rings (SSSR count). The zero-order valence-electron chi connectivity index (χ0n) is 10.7. The van der Waals surface area contributed by atoms with Gasteiger partial charge in [-0.05, 0) is 24.6 Å². The lowest BCUT2D eigenvalue weighted by molar-refractivity contribution is 0.132. The maximum absolute atomic E-state index is 5.79. The molecule has 0 radical (unpaired) electrons. The van der Waals surface area contributed by atoms with Crippen molar-refractivity contribution in [3.8, 4) is 11.5 Å². The normalized spacial score (nSPS) is 12.2. The number of benzene rings is 1. The van der Waals surface area contributed by atoms with Crippen molar-refractivity contribution in [1.82, 2.24) is 0 Å². The lowest BCUT2D eigenvalue weighted by atomic mass is 10.2. The maximum atomic E-state index is 5.79. The smallest absolute Gasteiger partial charge is 0.161 e. The number of nitrogens with two attached hydrogens (primary N) is 1. The van der Waals surface area contributed by atoms with Gasteiger partial charge in [-0.1, -0.05) is 6.07 Å². The second-order valence-electron chi connectivity index (χ2n) is 3.90. The fourth-order valence-corrected chi connectivity index (χ4v) is 1.50. The van der Waals surface area contributed by atoms with Crippen LogP contribution >= 0.6 is 0 Å². The molecule has 1 unspecified atom stereocenters. The molecule has 0 heterocycles. The van der Waals surface area contributed by atoms with Crippen LogP contribution in [0.15, 0.2) is 18.2 Å². The molecule has 0 bridgehead atoms. The monoisotopic (exact) mass is 239 g/mol. The Morgan fingerprint density at radius 3 is 2.59 bits per heavy atom. The largest absolute Gasteiger partial charge is 0.493 e. The van der Waals surface area contributed by atoms with Crippen molar-refractivity contribution in [3.63, 3.8) is 0 Å². The van der Waals surface area contributed by atoms with Crippen LogP contribution < -0.4 is 15.2 Å². The summed E-state index contributed by atoms with van der Waals surface area (Å²) in [5, 5.41) is 0. The first-order valence-corrected chi connectivity index (χ1v) is 5.73. The van der Waals surface area contributed by atoms with E-state index < -0.39 is 0 Å². The summed E-state index contributed by atoms with van der Waals surface area (Å²) in [6.45, 7) is 3.19. The lowest BCUT2D eigenvalue weighted by Gasteiger charge is -2.17. The highest BCUT2D eigenvalue weighted by atomic mass is 16.5. The van der Waals surface area contributed by atoms with Crippen molar-refractivity contribution in [3.05, 3.63) is 23.8 Å². The van der Waals surface area contributed by atoms with Crippen LogP contribution in [-0.2, 0) is 11.3 Å². The average molecular weight is 239 g/mol. The molecule has 4 heteroatoms. The van der Waals surface area contributed by atoms with Crippen LogP contribution in [0.2, 0.25) is 0 Å². The van der Waals surface area contributed by atoms with Gasteiger partial charge in [0.25, 0.3) is 0 Å². The topological polar surface area (TPSA) is 53.7 Å². The van der Waals surface area contributed by atoms with E-state index >= 15 is 0 Å². The number of ether oxygens (including phenoxy) is 3. The molecule has 4 nitrogen and oxygen atoms in total. The Hall–Kier alpha value is -1.26. The molecule has 0 amide bonds. The predicted molar refractivity (Wildman–Crippen MR) is 67.5 cm³/mol. The Bertz CT molecular complexity index is 341. The van der Waals surface area contributed by atoms with E-state index in [0.717, 1.165) is 23.5 Å². The first-order chi connectivity index (χ1) is 8.21. The van der Waals surface area contributed by atoms with E-state index in [2.05, 4.69) is 0 Å². The van der Waals surface area contributed by atoms with Crippen molar-refractivity contribution in [1.29, 1.82) is 0 Å². The second kappa shape index (κ2) is 7.14. The molecule has 1 aromatic rings. The zero-order valence-corrected chi connectivity index (χ0v) is 10.7. The summed E-state index contributed by atoms with van der Waals surface area (Å²) in [7, 11) is 3.31. The van der Waals surface area contributed by atoms with Gasteiger partial charge in [0.15, 0.2) is 11.5 Å². The van der Waals surface area contributed by atoms with Crippen molar-refractivity contribution in [2.24, 2.45) is 5.73 Å². The number of rotatable bonds is 7. The average Bonchev–Trinajstić information content (AvgIpc) is 2.36. The molecule has 0 aliphatic carbocycles. The minimum Gasteiger partial charge on any atom is -0.493 e. The molecule has 0 aliphatic heterocycles. The summed E-state index contributed by atoms with van der Waals surface area (Å²) in [6.07, 6.45) is 0.936. The van der Waals surface area contributed by atoms with Crippen LogP contribution in [0.3, 0.4) is 0 Å². The summed E-state index contributed by atoms with van der Waals surface area (Å²) in [5.41, 5.74) is 6.60. The molecule has 96 valence electrons. The number of methoxy groups -OCH3 is 2. The molecule has 0 saturated heterocycles. The van der Waals surface area contributed by atoms with Gasteiger partial charge in [-0.25, -0.2) is 0 Å². The fraction of sp³-hybridized carbons (Fsp3) is 0.538. The van der Waals surface area contributed by atoms with E-state index in [1.165, 1.54) is 0 Å². The molecule has 0 aliphatic rings. The first-order valence-electron chi connectivity index (χ1n) is 5.73. The minimum absolute atomic E-state index is 0.0903. The Balaban J connectivity index is 2.69. The molecule has 17 heavy (non-hydrogen) atoms. The highest BCUT2D eigenvalue weighted by Crippen LogP contribution is 2.29. The molecular weight excluding hydrogens is 218 g/mol. The highest BCUT2D eigenvalue weighted by Gasteiger charge is 2.09. The fourth-order valence-electron chi connectivity index (χ4n) is 1.50. The molecular formula is C13H21NO3. The van der Waals surface area contributed by atoms with E-state index in [-0.39, 0.29) is 6.10 Å². The van der Waals surface area contributed by atoms with Crippen LogP contribution in [0.1, 0.15) is 18.9 Å². The van der Waals surface area contributed by atoms with E-state index in [1.54, 1.807) is 14.2 Å². The van der Waals surface area contributed by atoms with Crippen molar-refractivity contribution in [2.45, 2.75) is 26.0 Å². The standard InChI is InChI=1S/C13H21NO3/c1-10(6-7-15-2)17-12-5-4-11(9-14)8-13(12)16-3/h4-5,8,10H,6-7,9,14H2,1-3H3. The molecule has 2 N–H and O–H groups in total. The Morgan fingerprint density at radius 2 is 2.00 bits per heavy atom. The highest BCUT2D eigenvalue weighted by molar-refractivity contribution is 5.43. The van der Waals surface area contributed by atoms with E-state index in [4.69, 9.17) is 19.9 Å². The lowest BCUT2D eigenvalue weighted by Crippen LogP contribution is -2.14. The first kappa shape index (κ1) is 13.8.